The fourth-order valence-corrected chi connectivity index (χ4v) is 5.16. The van der Waals surface area contributed by atoms with Gasteiger partial charge in [-0.15, -0.1) is 11.8 Å². The molecule has 2 aliphatic heterocycles. The van der Waals surface area contributed by atoms with Gasteiger partial charge in [-0.25, -0.2) is 0 Å². The third-order valence-electron chi connectivity index (χ3n) is 5.43. The van der Waals surface area contributed by atoms with Crippen molar-refractivity contribution in [3.05, 3.63) is 0 Å². The van der Waals surface area contributed by atoms with Crippen LogP contribution in [0.3, 0.4) is 0 Å². The minimum absolute atomic E-state index is 0.0245. The van der Waals surface area contributed by atoms with Gasteiger partial charge < -0.3 is 15.1 Å². The van der Waals surface area contributed by atoms with Crippen molar-refractivity contribution >= 4 is 29.5 Å². The first-order chi connectivity index (χ1) is 12.0. The summed E-state index contributed by atoms with van der Waals surface area (Å²) in [5.41, 5.74) is 0. The first-order valence-corrected chi connectivity index (χ1v) is 10.6. The summed E-state index contributed by atoms with van der Waals surface area (Å²) in [6, 6.07) is -0.0738. The van der Waals surface area contributed by atoms with E-state index in [9.17, 15) is 14.4 Å². The fraction of sp³-hybridized carbons (Fsp3) is 0.833. The van der Waals surface area contributed by atoms with E-state index in [2.05, 4.69) is 5.32 Å². The second-order valence-electron chi connectivity index (χ2n) is 7.85. The van der Waals surface area contributed by atoms with E-state index in [1.807, 2.05) is 18.7 Å². The van der Waals surface area contributed by atoms with E-state index in [1.54, 1.807) is 16.7 Å². The van der Waals surface area contributed by atoms with E-state index in [0.29, 0.717) is 43.1 Å². The van der Waals surface area contributed by atoms with Gasteiger partial charge in [0.1, 0.15) is 6.04 Å². The van der Waals surface area contributed by atoms with Crippen molar-refractivity contribution in [1.82, 2.24) is 15.1 Å². The standard InChI is InChI=1S/C18H29N3O3S/c1-12(2)8-19-17(23)15-10-25-11-21(15)18(24)13-7-16(22)20(9-13)14-5-3-4-6-14/h12-15H,3-11H2,1-2H3,(H,19,23)/t13-,15+/m0/s1. The summed E-state index contributed by atoms with van der Waals surface area (Å²) in [4.78, 5) is 41.4. The normalized spacial score (nSPS) is 27.6. The first kappa shape index (κ1) is 18.5. The molecule has 140 valence electrons. The molecule has 3 fully saturated rings. The second-order valence-corrected chi connectivity index (χ2v) is 8.85. The van der Waals surface area contributed by atoms with Crippen LogP contribution in [0.4, 0.5) is 0 Å². The van der Waals surface area contributed by atoms with Crippen molar-refractivity contribution in [2.45, 2.75) is 58.0 Å². The molecule has 0 aromatic heterocycles. The van der Waals surface area contributed by atoms with Gasteiger partial charge in [0.2, 0.25) is 17.7 Å². The van der Waals surface area contributed by atoms with E-state index < -0.39 is 6.04 Å². The highest BCUT2D eigenvalue weighted by atomic mass is 32.2. The molecule has 0 aromatic carbocycles. The molecule has 1 saturated carbocycles. The number of thioether (sulfide) groups is 1. The van der Waals surface area contributed by atoms with E-state index in [-0.39, 0.29) is 23.6 Å². The van der Waals surface area contributed by atoms with E-state index in [4.69, 9.17) is 0 Å². The van der Waals surface area contributed by atoms with E-state index in [1.165, 1.54) is 12.8 Å². The lowest BCUT2D eigenvalue weighted by Gasteiger charge is -2.27. The highest BCUT2D eigenvalue weighted by Gasteiger charge is 2.43. The van der Waals surface area contributed by atoms with Crippen molar-refractivity contribution in [1.29, 1.82) is 0 Å². The summed E-state index contributed by atoms with van der Waals surface area (Å²) in [6.07, 6.45) is 4.78. The van der Waals surface area contributed by atoms with Gasteiger partial charge in [-0.2, -0.15) is 0 Å². The van der Waals surface area contributed by atoms with Crippen LogP contribution in [0.2, 0.25) is 0 Å². The van der Waals surface area contributed by atoms with Crippen molar-refractivity contribution < 1.29 is 14.4 Å². The Kier molecular flexibility index (Phi) is 5.92. The minimum Gasteiger partial charge on any atom is -0.354 e. The maximum atomic E-state index is 13.0. The van der Waals surface area contributed by atoms with Gasteiger partial charge in [-0.3, -0.25) is 14.4 Å². The summed E-state index contributed by atoms with van der Waals surface area (Å²) < 4.78 is 0. The van der Waals surface area contributed by atoms with Crippen molar-refractivity contribution in [3.8, 4) is 0 Å². The van der Waals surface area contributed by atoms with Gasteiger partial charge in [-0.1, -0.05) is 26.7 Å². The second kappa shape index (κ2) is 7.98. The fourth-order valence-electron chi connectivity index (χ4n) is 4.00. The molecule has 3 rings (SSSR count). The summed E-state index contributed by atoms with van der Waals surface area (Å²) in [6.45, 7) is 5.26. The van der Waals surface area contributed by atoms with Crippen LogP contribution in [-0.4, -0.2) is 64.3 Å². The van der Waals surface area contributed by atoms with E-state index >= 15 is 0 Å². The molecule has 1 aliphatic carbocycles. The molecule has 3 aliphatic rings. The Balaban J connectivity index is 1.60. The van der Waals surface area contributed by atoms with Gasteiger partial charge in [0.25, 0.3) is 0 Å². The van der Waals surface area contributed by atoms with Crippen LogP contribution in [0.15, 0.2) is 0 Å². The van der Waals surface area contributed by atoms with Crippen molar-refractivity contribution in [2.75, 3.05) is 24.7 Å². The topological polar surface area (TPSA) is 69.7 Å². The molecule has 3 amide bonds. The number of likely N-dealkylation sites (tertiary alicyclic amines) is 1. The molecule has 0 bridgehead atoms. The number of nitrogens with one attached hydrogen (secondary N) is 1. The molecule has 2 heterocycles. The van der Waals surface area contributed by atoms with Crippen molar-refractivity contribution in [2.24, 2.45) is 11.8 Å². The predicted molar refractivity (Wildman–Crippen MR) is 97.9 cm³/mol. The Morgan fingerprint density at radius 1 is 1.28 bits per heavy atom. The highest BCUT2D eigenvalue weighted by Crippen LogP contribution is 2.32. The molecule has 6 nitrogen and oxygen atoms in total. The highest BCUT2D eigenvalue weighted by molar-refractivity contribution is 7.99. The number of carbonyl (C=O) groups is 3. The number of amides is 3. The van der Waals surface area contributed by atoms with Crippen LogP contribution in [0, 0.1) is 11.8 Å². The smallest absolute Gasteiger partial charge is 0.243 e. The average Bonchev–Trinajstić information content (AvgIpc) is 3.31. The molecule has 7 heteroatoms. The van der Waals surface area contributed by atoms with Crippen LogP contribution in [0.1, 0.15) is 46.0 Å². The zero-order valence-corrected chi connectivity index (χ0v) is 16.0. The van der Waals surface area contributed by atoms with E-state index in [0.717, 1.165) is 12.8 Å². The molecule has 0 radical (unpaired) electrons. The maximum absolute atomic E-state index is 13.0. The summed E-state index contributed by atoms with van der Waals surface area (Å²) in [7, 11) is 0. The summed E-state index contributed by atoms with van der Waals surface area (Å²) >= 11 is 1.61. The zero-order chi connectivity index (χ0) is 18.0. The monoisotopic (exact) mass is 367 g/mol. The summed E-state index contributed by atoms with van der Waals surface area (Å²) in [5.74, 6) is 1.31. The van der Waals surface area contributed by atoms with Gasteiger partial charge in [0, 0.05) is 31.3 Å². The maximum Gasteiger partial charge on any atom is 0.243 e. The van der Waals surface area contributed by atoms with Crippen LogP contribution >= 0.6 is 11.8 Å². The van der Waals surface area contributed by atoms with Crippen molar-refractivity contribution in [3.63, 3.8) is 0 Å². The largest absolute Gasteiger partial charge is 0.354 e. The van der Waals surface area contributed by atoms with Crippen LogP contribution in [0.25, 0.3) is 0 Å². The lowest BCUT2D eigenvalue weighted by Crippen LogP contribution is -2.50. The molecule has 0 aromatic rings. The number of hydrogen-bond acceptors (Lipinski definition) is 4. The molecule has 0 unspecified atom stereocenters. The first-order valence-electron chi connectivity index (χ1n) is 9.42. The zero-order valence-electron chi connectivity index (χ0n) is 15.2. The SMILES string of the molecule is CC(C)CNC(=O)[C@H]1CSCN1C(=O)[C@H]1CC(=O)N(C2CCCC2)C1. The Labute approximate surface area is 154 Å². The molecule has 25 heavy (non-hydrogen) atoms. The minimum atomic E-state index is -0.396. The van der Waals surface area contributed by atoms with Crippen LogP contribution in [-0.2, 0) is 14.4 Å². The molecular formula is C18H29N3O3S. The Bertz CT molecular complexity index is 534. The number of nitrogens with zero attached hydrogens (tertiary/aromatic N) is 2. The lowest BCUT2D eigenvalue weighted by molar-refractivity contribution is -0.141. The molecular weight excluding hydrogens is 338 g/mol. The molecule has 1 N–H and O–H groups in total. The molecule has 0 spiro atoms. The molecule has 2 saturated heterocycles. The number of hydrogen-bond donors (Lipinski definition) is 1. The number of rotatable bonds is 5. The Hall–Kier alpha value is -1.24. The Morgan fingerprint density at radius 2 is 2.00 bits per heavy atom. The third kappa shape index (κ3) is 4.13. The van der Waals surface area contributed by atoms with Gasteiger partial charge in [0.15, 0.2) is 0 Å². The van der Waals surface area contributed by atoms with Gasteiger partial charge >= 0.3 is 0 Å². The average molecular weight is 368 g/mol. The van der Waals surface area contributed by atoms with Gasteiger partial charge in [-0.05, 0) is 18.8 Å². The molecule has 2 atom stereocenters. The lowest BCUT2D eigenvalue weighted by atomic mass is 10.1. The number of carbonyl (C=O) groups excluding carboxylic acids is 3. The van der Waals surface area contributed by atoms with Gasteiger partial charge in [0.05, 0.1) is 11.8 Å². The van der Waals surface area contributed by atoms with Crippen LogP contribution in [0.5, 0.6) is 0 Å². The predicted octanol–water partition coefficient (Wildman–Crippen LogP) is 1.45. The third-order valence-corrected chi connectivity index (χ3v) is 6.44. The Morgan fingerprint density at radius 3 is 2.68 bits per heavy atom. The van der Waals surface area contributed by atoms with Crippen LogP contribution < -0.4 is 5.32 Å². The summed E-state index contributed by atoms with van der Waals surface area (Å²) in [5, 5.41) is 2.94. The quantitative estimate of drug-likeness (QED) is 0.799.